The normalized spacial score (nSPS) is 18.5. The van der Waals surface area contributed by atoms with E-state index in [0.717, 1.165) is 36.4 Å². The number of carbonyl (C=O) groups is 1. The van der Waals surface area contributed by atoms with Gasteiger partial charge in [0.2, 0.25) is 5.91 Å². The van der Waals surface area contributed by atoms with Crippen molar-refractivity contribution in [1.29, 1.82) is 0 Å². The molecular weight excluding hydrogens is 320 g/mol. The lowest BCUT2D eigenvalue weighted by Gasteiger charge is -2.31. The van der Waals surface area contributed by atoms with Crippen molar-refractivity contribution in [3.05, 3.63) is 58.7 Å². The van der Waals surface area contributed by atoms with Crippen LogP contribution < -0.4 is 0 Å². The van der Waals surface area contributed by atoms with E-state index in [-0.39, 0.29) is 11.8 Å². The fourth-order valence-corrected chi connectivity index (χ4v) is 3.80. The van der Waals surface area contributed by atoms with Gasteiger partial charge in [0, 0.05) is 31.3 Å². The predicted octanol–water partition coefficient (Wildman–Crippen LogP) is 3.21. The number of carbonyl (C=O) groups excluding carboxylic acids is 1. The molecule has 0 N–H and O–H groups in total. The van der Waals surface area contributed by atoms with Crippen LogP contribution in [0.25, 0.3) is 11.7 Å². The second kappa shape index (κ2) is 6.57. The maximum Gasteiger partial charge on any atom is 0.246 e. The zero-order valence-electron chi connectivity index (χ0n) is 13.2. The van der Waals surface area contributed by atoms with Gasteiger partial charge in [-0.05, 0) is 53.4 Å². The summed E-state index contributed by atoms with van der Waals surface area (Å²) in [6.45, 7) is 1.50. The molecule has 3 aromatic rings. The number of pyridine rings is 1. The van der Waals surface area contributed by atoms with Crippen LogP contribution in [0, 0.1) is 0 Å². The van der Waals surface area contributed by atoms with Crippen molar-refractivity contribution in [1.82, 2.24) is 19.5 Å². The first kappa shape index (κ1) is 15.1. The number of rotatable bonds is 3. The summed E-state index contributed by atoms with van der Waals surface area (Å²) in [6, 6.07) is 7.90. The lowest BCUT2D eigenvalue weighted by Crippen LogP contribution is -2.38. The van der Waals surface area contributed by atoms with Crippen LogP contribution in [0.3, 0.4) is 0 Å². The van der Waals surface area contributed by atoms with Gasteiger partial charge in [0.25, 0.3) is 0 Å². The summed E-state index contributed by atoms with van der Waals surface area (Å²) < 4.78 is 2.03. The highest BCUT2D eigenvalue weighted by molar-refractivity contribution is 7.08. The number of likely N-dealkylation sites (tertiary alicyclic amines) is 1. The Morgan fingerprint density at radius 1 is 1.29 bits per heavy atom. The number of aromatic nitrogens is 3. The molecule has 0 radical (unpaired) electrons. The van der Waals surface area contributed by atoms with Crippen LogP contribution in [0.1, 0.15) is 30.1 Å². The van der Waals surface area contributed by atoms with Gasteiger partial charge in [0.05, 0.1) is 0 Å². The zero-order chi connectivity index (χ0) is 16.4. The molecule has 0 aromatic carbocycles. The maximum absolute atomic E-state index is 12.5. The summed E-state index contributed by atoms with van der Waals surface area (Å²) >= 11 is 1.63. The Balaban J connectivity index is 1.50. The second-order valence-corrected chi connectivity index (χ2v) is 6.78. The fourth-order valence-electron chi connectivity index (χ4n) is 3.17. The van der Waals surface area contributed by atoms with E-state index in [1.807, 2.05) is 56.6 Å². The third-order valence-electron chi connectivity index (χ3n) is 4.40. The average molecular weight is 338 g/mol. The first-order chi connectivity index (χ1) is 11.8. The van der Waals surface area contributed by atoms with Crippen molar-refractivity contribution < 1.29 is 4.79 Å². The molecule has 1 aliphatic heterocycles. The molecule has 0 bridgehead atoms. The van der Waals surface area contributed by atoms with Gasteiger partial charge in [-0.1, -0.05) is 6.07 Å². The van der Waals surface area contributed by atoms with Gasteiger partial charge in [-0.25, -0.2) is 0 Å². The predicted molar refractivity (Wildman–Crippen MR) is 94.9 cm³/mol. The minimum atomic E-state index is 0.0692. The van der Waals surface area contributed by atoms with Crippen LogP contribution in [-0.4, -0.2) is 38.5 Å². The SMILES string of the molecule is O=C(/C=C/c1ccsc1)N1CCC[C@@H](c2nnc3ccccn23)C1. The Kier molecular flexibility index (Phi) is 4.13. The number of thiophene rings is 1. The molecule has 6 heteroatoms. The molecule has 0 saturated carbocycles. The molecule has 1 saturated heterocycles. The third-order valence-corrected chi connectivity index (χ3v) is 5.10. The second-order valence-electron chi connectivity index (χ2n) is 6.00. The molecule has 0 unspecified atom stereocenters. The first-order valence-electron chi connectivity index (χ1n) is 8.10. The van der Waals surface area contributed by atoms with Crippen molar-refractivity contribution in [2.24, 2.45) is 0 Å². The van der Waals surface area contributed by atoms with Gasteiger partial charge >= 0.3 is 0 Å². The van der Waals surface area contributed by atoms with Crippen LogP contribution >= 0.6 is 11.3 Å². The molecule has 1 atom stereocenters. The summed E-state index contributed by atoms with van der Waals surface area (Å²) in [7, 11) is 0. The Morgan fingerprint density at radius 2 is 2.25 bits per heavy atom. The molecule has 122 valence electrons. The highest BCUT2D eigenvalue weighted by Gasteiger charge is 2.26. The van der Waals surface area contributed by atoms with Gasteiger partial charge < -0.3 is 4.90 Å². The molecule has 1 fully saturated rings. The van der Waals surface area contributed by atoms with E-state index >= 15 is 0 Å². The van der Waals surface area contributed by atoms with E-state index in [1.165, 1.54) is 0 Å². The molecule has 1 amide bonds. The quantitative estimate of drug-likeness (QED) is 0.689. The standard InChI is InChI=1S/C18H18N4OS/c23-17(7-6-14-8-11-24-13-14)21-9-3-4-15(12-21)18-20-19-16-5-1-2-10-22(16)18/h1-2,5-8,10-11,13,15H,3-4,9,12H2/b7-6+/t15-/m1/s1. The van der Waals surface area contributed by atoms with Crippen LogP contribution in [0.2, 0.25) is 0 Å². The molecule has 0 aliphatic carbocycles. The summed E-state index contributed by atoms with van der Waals surface area (Å²) in [4.78, 5) is 14.4. The summed E-state index contributed by atoms with van der Waals surface area (Å²) in [5.41, 5.74) is 1.93. The molecule has 3 aromatic heterocycles. The monoisotopic (exact) mass is 338 g/mol. The van der Waals surface area contributed by atoms with E-state index in [0.29, 0.717) is 6.54 Å². The summed E-state index contributed by atoms with van der Waals surface area (Å²) in [5.74, 6) is 1.25. The minimum absolute atomic E-state index is 0.0692. The number of piperidine rings is 1. The van der Waals surface area contributed by atoms with Gasteiger partial charge in [-0.2, -0.15) is 11.3 Å². The third kappa shape index (κ3) is 2.97. The van der Waals surface area contributed by atoms with Gasteiger partial charge in [0.15, 0.2) is 5.65 Å². The number of fused-ring (bicyclic) bond motifs is 1. The topological polar surface area (TPSA) is 50.5 Å². The Labute approximate surface area is 144 Å². The lowest BCUT2D eigenvalue weighted by molar-refractivity contribution is -0.127. The van der Waals surface area contributed by atoms with Gasteiger partial charge in [-0.3, -0.25) is 9.20 Å². The smallest absolute Gasteiger partial charge is 0.246 e. The highest BCUT2D eigenvalue weighted by Crippen LogP contribution is 2.26. The molecule has 24 heavy (non-hydrogen) atoms. The summed E-state index contributed by atoms with van der Waals surface area (Å²) in [6.07, 6.45) is 7.57. The zero-order valence-corrected chi connectivity index (χ0v) is 14.0. The van der Waals surface area contributed by atoms with Crippen LogP contribution in [-0.2, 0) is 4.79 Å². The molecule has 5 nitrogen and oxygen atoms in total. The van der Waals surface area contributed by atoms with E-state index in [9.17, 15) is 4.79 Å². The Hall–Kier alpha value is -2.47. The lowest BCUT2D eigenvalue weighted by atomic mass is 9.97. The van der Waals surface area contributed by atoms with Crippen LogP contribution in [0.5, 0.6) is 0 Å². The van der Waals surface area contributed by atoms with Crippen molar-refractivity contribution in [3.8, 4) is 0 Å². The van der Waals surface area contributed by atoms with E-state index in [1.54, 1.807) is 17.4 Å². The largest absolute Gasteiger partial charge is 0.338 e. The van der Waals surface area contributed by atoms with Crippen molar-refractivity contribution in [2.45, 2.75) is 18.8 Å². The number of amides is 1. The van der Waals surface area contributed by atoms with Crippen molar-refractivity contribution in [3.63, 3.8) is 0 Å². The molecule has 4 rings (SSSR count). The summed E-state index contributed by atoms with van der Waals surface area (Å²) in [5, 5.41) is 12.6. The average Bonchev–Trinajstić information content (AvgIpc) is 3.29. The van der Waals surface area contributed by atoms with Crippen LogP contribution in [0.4, 0.5) is 0 Å². The Bertz CT molecular complexity index is 868. The molecular formula is C18H18N4OS. The van der Waals surface area contributed by atoms with E-state index in [2.05, 4.69) is 10.2 Å². The Morgan fingerprint density at radius 3 is 3.12 bits per heavy atom. The molecule has 0 spiro atoms. The van der Waals surface area contributed by atoms with Gasteiger partial charge in [-0.15, -0.1) is 10.2 Å². The fraction of sp³-hybridized carbons (Fsp3) is 0.278. The highest BCUT2D eigenvalue weighted by atomic mass is 32.1. The van der Waals surface area contributed by atoms with E-state index < -0.39 is 0 Å². The maximum atomic E-state index is 12.5. The van der Waals surface area contributed by atoms with Crippen molar-refractivity contribution >= 4 is 29.0 Å². The van der Waals surface area contributed by atoms with E-state index in [4.69, 9.17) is 0 Å². The number of hydrogen-bond acceptors (Lipinski definition) is 4. The molecule has 1 aliphatic rings. The number of nitrogens with zero attached hydrogens (tertiary/aromatic N) is 4. The van der Waals surface area contributed by atoms with Gasteiger partial charge in [0.1, 0.15) is 5.82 Å². The van der Waals surface area contributed by atoms with Crippen LogP contribution in [0.15, 0.2) is 47.3 Å². The minimum Gasteiger partial charge on any atom is -0.338 e. The first-order valence-corrected chi connectivity index (χ1v) is 9.04. The van der Waals surface area contributed by atoms with Crippen molar-refractivity contribution in [2.75, 3.05) is 13.1 Å². The number of hydrogen-bond donors (Lipinski definition) is 0. The molecule has 4 heterocycles.